The predicted molar refractivity (Wildman–Crippen MR) is 91.5 cm³/mol. The standard InChI is InChI=1S/C14H24Cl2Si2/c1-17(2,3)13-7-12(10-16)14(18(4,5)6)8-11(13)9-15/h7-8H,9-10H2,1-6H3. The number of hydrogen-bond donors (Lipinski definition) is 0. The molecule has 0 fully saturated rings. The van der Waals surface area contributed by atoms with E-state index in [0.29, 0.717) is 11.8 Å². The Morgan fingerprint density at radius 3 is 1.17 bits per heavy atom. The molecule has 0 aliphatic rings. The molecule has 0 aliphatic carbocycles. The molecule has 0 spiro atoms. The fourth-order valence-corrected chi connectivity index (χ4v) is 6.44. The Kier molecular flexibility index (Phi) is 5.16. The molecular formula is C14H24Cl2Si2. The molecule has 102 valence electrons. The minimum atomic E-state index is -1.36. The molecule has 0 saturated heterocycles. The van der Waals surface area contributed by atoms with Gasteiger partial charge < -0.3 is 0 Å². The topological polar surface area (TPSA) is 0 Å². The van der Waals surface area contributed by atoms with Gasteiger partial charge in [-0.25, -0.2) is 0 Å². The predicted octanol–water partition coefficient (Wildman–Crippen LogP) is 4.25. The van der Waals surface area contributed by atoms with E-state index >= 15 is 0 Å². The van der Waals surface area contributed by atoms with Gasteiger partial charge in [-0.1, -0.05) is 61.8 Å². The van der Waals surface area contributed by atoms with Gasteiger partial charge in [0.1, 0.15) is 0 Å². The molecule has 18 heavy (non-hydrogen) atoms. The Morgan fingerprint density at radius 2 is 1.00 bits per heavy atom. The van der Waals surface area contributed by atoms with Crippen molar-refractivity contribution >= 4 is 49.7 Å². The Balaban J connectivity index is 3.52. The zero-order valence-electron chi connectivity index (χ0n) is 12.3. The van der Waals surface area contributed by atoms with Crippen LogP contribution in [0.1, 0.15) is 11.1 Å². The van der Waals surface area contributed by atoms with Crippen LogP contribution in [0, 0.1) is 0 Å². The van der Waals surface area contributed by atoms with Gasteiger partial charge in [-0.15, -0.1) is 23.2 Å². The highest BCUT2D eigenvalue weighted by Gasteiger charge is 2.26. The minimum absolute atomic E-state index is 0.611. The highest BCUT2D eigenvalue weighted by Crippen LogP contribution is 2.16. The molecule has 0 saturated carbocycles. The SMILES string of the molecule is C[Si](C)(C)c1cc(CCl)c([Si](C)(C)C)cc1CCl. The molecule has 0 unspecified atom stereocenters. The van der Waals surface area contributed by atoms with Crippen LogP contribution in [0.5, 0.6) is 0 Å². The van der Waals surface area contributed by atoms with Crippen molar-refractivity contribution in [2.24, 2.45) is 0 Å². The Morgan fingerprint density at radius 1 is 0.722 bits per heavy atom. The van der Waals surface area contributed by atoms with Crippen LogP contribution in [0.25, 0.3) is 0 Å². The normalized spacial score (nSPS) is 12.9. The fourth-order valence-electron chi connectivity index (χ4n) is 2.31. The highest BCUT2D eigenvalue weighted by molar-refractivity contribution is 6.90. The summed E-state index contributed by atoms with van der Waals surface area (Å²) in [6.45, 7) is 14.2. The van der Waals surface area contributed by atoms with Gasteiger partial charge in [0.15, 0.2) is 0 Å². The van der Waals surface area contributed by atoms with Crippen LogP contribution in [0.3, 0.4) is 0 Å². The maximum absolute atomic E-state index is 6.16. The number of hydrogen-bond acceptors (Lipinski definition) is 0. The molecule has 0 N–H and O–H groups in total. The summed E-state index contributed by atoms with van der Waals surface area (Å²) in [5.41, 5.74) is 2.64. The fraction of sp³-hybridized carbons (Fsp3) is 0.571. The van der Waals surface area contributed by atoms with E-state index in [1.165, 1.54) is 21.5 Å². The highest BCUT2D eigenvalue weighted by atomic mass is 35.5. The average molecular weight is 319 g/mol. The van der Waals surface area contributed by atoms with Crippen LogP contribution >= 0.6 is 23.2 Å². The van der Waals surface area contributed by atoms with Crippen molar-refractivity contribution in [3.05, 3.63) is 23.3 Å². The monoisotopic (exact) mass is 318 g/mol. The van der Waals surface area contributed by atoms with E-state index in [0.717, 1.165) is 0 Å². The second-order valence-corrected chi connectivity index (χ2v) is 17.5. The summed E-state index contributed by atoms with van der Waals surface area (Å²) in [6.07, 6.45) is 0. The van der Waals surface area contributed by atoms with Crippen molar-refractivity contribution < 1.29 is 0 Å². The number of benzene rings is 1. The summed E-state index contributed by atoms with van der Waals surface area (Å²) in [5, 5.41) is 2.94. The van der Waals surface area contributed by atoms with Gasteiger partial charge in [0.05, 0.1) is 16.1 Å². The molecule has 0 nitrogen and oxygen atoms in total. The lowest BCUT2D eigenvalue weighted by molar-refractivity contribution is 1.36. The zero-order valence-corrected chi connectivity index (χ0v) is 15.8. The number of halogens is 2. The van der Waals surface area contributed by atoms with Crippen molar-refractivity contribution in [1.29, 1.82) is 0 Å². The largest absolute Gasteiger partial charge is 0.122 e. The average Bonchev–Trinajstić information content (AvgIpc) is 2.24. The summed E-state index contributed by atoms with van der Waals surface area (Å²) in [4.78, 5) is 0. The van der Waals surface area contributed by atoms with E-state index < -0.39 is 16.1 Å². The van der Waals surface area contributed by atoms with Crippen LogP contribution in [0.4, 0.5) is 0 Å². The lowest BCUT2D eigenvalue weighted by Crippen LogP contribution is -2.46. The maximum Gasteiger partial charge on any atom is 0.0780 e. The molecular weight excluding hydrogens is 295 g/mol. The van der Waals surface area contributed by atoms with Crippen molar-refractivity contribution in [3.63, 3.8) is 0 Å². The molecule has 0 amide bonds. The van der Waals surface area contributed by atoms with Gasteiger partial charge in [-0.05, 0) is 11.1 Å². The van der Waals surface area contributed by atoms with Crippen molar-refractivity contribution in [3.8, 4) is 0 Å². The summed E-state index contributed by atoms with van der Waals surface area (Å²) in [5.74, 6) is 1.22. The minimum Gasteiger partial charge on any atom is -0.122 e. The lowest BCUT2D eigenvalue weighted by atomic mass is 10.1. The first-order chi connectivity index (χ1) is 8.11. The molecule has 1 aromatic carbocycles. The Labute approximate surface area is 124 Å². The van der Waals surface area contributed by atoms with Gasteiger partial charge in [-0.2, -0.15) is 0 Å². The first-order valence-corrected chi connectivity index (χ1v) is 14.5. The maximum atomic E-state index is 6.16. The third-order valence-electron chi connectivity index (χ3n) is 3.23. The van der Waals surface area contributed by atoms with Gasteiger partial charge in [-0.3, -0.25) is 0 Å². The summed E-state index contributed by atoms with van der Waals surface area (Å²) in [6, 6.07) is 4.68. The Hall–Kier alpha value is 0.234. The zero-order chi connectivity index (χ0) is 14.1. The van der Waals surface area contributed by atoms with Crippen molar-refractivity contribution in [2.45, 2.75) is 51.0 Å². The van der Waals surface area contributed by atoms with Crippen LogP contribution in [-0.2, 0) is 11.8 Å². The summed E-state index contributed by atoms with van der Waals surface area (Å²) >= 11 is 12.3. The quantitative estimate of drug-likeness (QED) is 0.575. The van der Waals surface area contributed by atoms with Crippen LogP contribution < -0.4 is 10.4 Å². The summed E-state index contributed by atoms with van der Waals surface area (Å²) in [7, 11) is -2.71. The van der Waals surface area contributed by atoms with Crippen LogP contribution in [0.15, 0.2) is 12.1 Å². The first kappa shape index (κ1) is 16.3. The van der Waals surface area contributed by atoms with E-state index in [4.69, 9.17) is 23.2 Å². The molecule has 0 bridgehead atoms. The van der Waals surface area contributed by atoms with E-state index in [-0.39, 0.29) is 0 Å². The number of alkyl halides is 2. The van der Waals surface area contributed by atoms with E-state index in [1.54, 1.807) is 0 Å². The lowest BCUT2D eigenvalue weighted by Gasteiger charge is -2.27. The van der Waals surface area contributed by atoms with Crippen molar-refractivity contribution in [1.82, 2.24) is 0 Å². The second kappa shape index (κ2) is 5.70. The van der Waals surface area contributed by atoms with Gasteiger partial charge in [0.25, 0.3) is 0 Å². The third-order valence-corrected chi connectivity index (χ3v) is 7.97. The molecule has 4 heteroatoms. The molecule has 0 aromatic heterocycles. The van der Waals surface area contributed by atoms with E-state index in [1.807, 2.05) is 0 Å². The van der Waals surface area contributed by atoms with Gasteiger partial charge in [0.2, 0.25) is 0 Å². The molecule has 0 aliphatic heterocycles. The molecule has 0 heterocycles. The summed E-state index contributed by atoms with van der Waals surface area (Å²) < 4.78 is 0. The molecule has 0 radical (unpaired) electrons. The third kappa shape index (κ3) is 3.63. The number of rotatable bonds is 4. The van der Waals surface area contributed by atoms with E-state index in [2.05, 4.69) is 51.4 Å². The van der Waals surface area contributed by atoms with Crippen molar-refractivity contribution in [2.75, 3.05) is 0 Å². The van der Waals surface area contributed by atoms with E-state index in [9.17, 15) is 0 Å². The van der Waals surface area contributed by atoms with Gasteiger partial charge in [0, 0.05) is 11.8 Å². The van der Waals surface area contributed by atoms with Gasteiger partial charge >= 0.3 is 0 Å². The van der Waals surface area contributed by atoms with Crippen LogP contribution in [-0.4, -0.2) is 16.1 Å². The first-order valence-electron chi connectivity index (χ1n) is 6.40. The smallest absolute Gasteiger partial charge is 0.0780 e. The second-order valence-electron chi connectivity index (χ2n) is 6.93. The van der Waals surface area contributed by atoms with Crippen LogP contribution in [0.2, 0.25) is 39.3 Å². The Bertz CT molecular complexity index is 387. The molecule has 1 aromatic rings. The molecule has 1 rings (SSSR count). The molecule has 0 atom stereocenters.